The highest BCUT2D eigenvalue weighted by molar-refractivity contribution is 6.06. The van der Waals surface area contributed by atoms with Crippen molar-refractivity contribution in [3.05, 3.63) is 83.5 Å². The Morgan fingerprint density at radius 1 is 1.11 bits per heavy atom. The van der Waals surface area contributed by atoms with Gasteiger partial charge in [0.25, 0.3) is 11.8 Å². The first-order valence-corrected chi connectivity index (χ1v) is 12.2. The van der Waals surface area contributed by atoms with Gasteiger partial charge in [0.2, 0.25) is 0 Å². The van der Waals surface area contributed by atoms with Crippen LogP contribution in [0, 0.1) is 35.0 Å². The Kier molecular flexibility index (Phi) is 6.43. The lowest BCUT2D eigenvalue weighted by atomic mass is 9.85. The fourth-order valence-corrected chi connectivity index (χ4v) is 5.52. The zero-order valence-electron chi connectivity index (χ0n) is 20.1. The van der Waals surface area contributed by atoms with Crippen LogP contribution < -0.4 is 9.47 Å². The Bertz CT molecular complexity index is 1290. The number of nitrogens with zero attached hydrogens (tertiary/aromatic N) is 3. The number of hydrogen-bond donors (Lipinski definition) is 0. The fourth-order valence-electron chi connectivity index (χ4n) is 5.52. The summed E-state index contributed by atoms with van der Waals surface area (Å²) in [7, 11) is 0. The monoisotopic (exact) mass is 481 g/mol. The third kappa shape index (κ3) is 4.09. The van der Waals surface area contributed by atoms with E-state index in [0.717, 1.165) is 22.6 Å². The van der Waals surface area contributed by atoms with E-state index in [2.05, 4.69) is 29.9 Å². The molecule has 1 heterocycles. The van der Waals surface area contributed by atoms with Gasteiger partial charge in [0.15, 0.2) is 11.5 Å². The van der Waals surface area contributed by atoms with E-state index in [4.69, 9.17) is 9.47 Å². The summed E-state index contributed by atoms with van der Waals surface area (Å²) in [6, 6.07) is 13.1. The van der Waals surface area contributed by atoms with Crippen LogP contribution in [0.1, 0.15) is 35.6 Å². The second-order valence-electron chi connectivity index (χ2n) is 9.22. The second kappa shape index (κ2) is 9.82. The number of allylic oxidation sites excluding steroid dienone is 3. The van der Waals surface area contributed by atoms with Crippen molar-refractivity contribution in [1.82, 2.24) is 5.01 Å². The standard InChI is InChI=1S/C29H27N3O4/c1-3-7-21-12-18(16-31-32-28(33)25-19-10-11-20(14-19)26(25)29(32)34)13-24(35-4-2)27(21)36-17-23-9-6-5-8-22(23)15-30/h3,5-6,8-13,16,19-20,25-26H,1,4,7,14,17H2,2H3. The van der Waals surface area contributed by atoms with Crippen LogP contribution in [0.15, 0.2) is 66.3 Å². The third-order valence-corrected chi connectivity index (χ3v) is 7.10. The summed E-state index contributed by atoms with van der Waals surface area (Å²) < 4.78 is 12.0. The summed E-state index contributed by atoms with van der Waals surface area (Å²) in [6.07, 6.45) is 8.81. The molecule has 0 N–H and O–H groups in total. The van der Waals surface area contributed by atoms with Gasteiger partial charge in [-0.05, 0) is 55.4 Å². The smallest absolute Gasteiger partial charge is 0.254 e. The summed E-state index contributed by atoms with van der Waals surface area (Å²) in [5.74, 6) is 0.360. The molecule has 7 heteroatoms. The number of fused-ring (bicyclic) bond motifs is 5. The van der Waals surface area contributed by atoms with Gasteiger partial charge < -0.3 is 9.47 Å². The maximum Gasteiger partial charge on any atom is 0.254 e. The van der Waals surface area contributed by atoms with Crippen LogP contribution in [0.3, 0.4) is 0 Å². The number of imide groups is 1. The molecule has 2 fully saturated rings. The van der Waals surface area contributed by atoms with E-state index in [1.807, 2.05) is 31.2 Å². The minimum absolute atomic E-state index is 0.142. The van der Waals surface area contributed by atoms with Crippen molar-refractivity contribution in [2.24, 2.45) is 28.8 Å². The van der Waals surface area contributed by atoms with E-state index < -0.39 is 0 Å². The summed E-state index contributed by atoms with van der Waals surface area (Å²) in [5.41, 5.74) is 2.83. The molecule has 4 atom stereocenters. The number of hydrogen-bond acceptors (Lipinski definition) is 6. The zero-order valence-corrected chi connectivity index (χ0v) is 20.1. The summed E-state index contributed by atoms with van der Waals surface area (Å²) in [6.45, 7) is 6.36. The predicted octanol–water partition coefficient (Wildman–Crippen LogP) is 4.41. The molecule has 2 bridgehead atoms. The maximum atomic E-state index is 13.0. The highest BCUT2D eigenvalue weighted by Gasteiger charge is 2.59. The van der Waals surface area contributed by atoms with Crippen LogP contribution in [-0.4, -0.2) is 29.6 Å². The minimum atomic E-state index is -0.285. The minimum Gasteiger partial charge on any atom is -0.490 e. The number of hydrazone groups is 1. The molecule has 7 nitrogen and oxygen atoms in total. The molecular formula is C29H27N3O4. The number of rotatable bonds is 9. The van der Waals surface area contributed by atoms with Crippen LogP contribution in [0.2, 0.25) is 0 Å². The van der Waals surface area contributed by atoms with Crippen LogP contribution in [0.5, 0.6) is 11.5 Å². The van der Waals surface area contributed by atoms with Gasteiger partial charge in [0.05, 0.1) is 36.3 Å². The maximum absolute atomic E-state index is 13.0. The quantitative estimate of drug-likeness (QED) is 0.301. The van der Waals surface area contributed by atoms with E-state index >= 15 is 0 Å². The SMILES string of the molecule is C=CCc1cc(C=NN2C(=O)C3C4C=CC(C4)C3C2=O)cc(OCC)c1OCc1ccccc1C#N. The topological polar surface area (TPSA) is 92.0 Å². The predicted molar refractivity (Wildman–Crippen MR) is 134 cm³/mol. The molecule has 2 aromatic carbocycles. The van der Waals surface area contributed by atoms with Crippen molar-refractivity contribution in [2.75, 3.05) is 6.61 Å². The van der Waals surface area contributed by atoms with E-state index in [0.29, 0.717) is 35.7 Å². The Hall–Kier alpha value is -4.18. The van der Waals surface area contributed by atoms with Crippen LogP contribution in [-0.2, 0) is 22.6 Å². The Morgan fingerprint density at radius 3 is 2.50 bits per heavy atom. The van der Waals surface area contributed by atoms with Gasteiger partial charge in [-0.2, -0.15) is 15.4 Å². The molecule has 2 aromatic rings. The molecule has 0 aromatic heterocycles. The first kappa shape index (κ1) is 23.6. The van der Waals surface area contributed by atoms with Gasteiger partial charge in [0.1, 0.15) is 6.61 Å². The van der Waals surface area contributed by atoms with Gasteiger partial charge in [-0.25, -0.2) is 0 Å². The van der Waals surface area contributed by atoms with E-state index in [-0.39, 0.29) is 42.1 Å². The summed E-state index contributed by atoms with van der Waals surface area (Å²) in [4.78, 5) is 25.9. The van der Waals surface area contributed by atoms with Crippen molar-refractivity contribution in [1.29, 1.82) is 5.26 Å². The molecule has 5 rings (SSSR count). The highest BCUT2D eigenvalue weighted by atomic mass is 16.5. The molecule has 3 aliphatic rings. The third-order valence-electron chi connectivity index (χ3n) is 7.10. The average Bonchev–Trinajstić information content (AvgIpc) is 3.57. The summed E-state index contributed by atoms with van der Waals surface area (Å²) >= 11 is 0. The lowest BCUT2D eigenvalue weighted by Gasteiger charge is -2.17. The molecule has 1 saturated heterocycles. The Morgan fingerprint density at radius 2 is 1.83 bits per heavy atom. The van der Waals surface area contributed by atoms with Gasteiger partial charge in [-0.1, -0.05) is 36.4 Å². The van der Waals surface area contributed by atoms with Gasteiger partial charge in [-0.3, -0.25) is 9.59 Å². The molecule has 0 radical (unpaired) electrons. The van der Waals surface area contributed by atoms with Gasteiger partial charge in [-0.15, -0.1) is 6.58 Å². The van der Waals surface area contributed by atoms with Crippen molar-refractivity contribution in [3.8, 4) is 17.6 Å². The second-order valence-corrected chi connectivity index (χ2v) is 9.22. The molecule has 2 amide bonds. The van der Waals surface area contributed by atoms with E-state index in [9.17, 15) is 14.9 Å². The van der Waals surface area contributed by atoms with Crippen LogP contribution >= 0.6 is 0 Å². The number of nitriles is 1. The molecule has 36 heavy (non-hydrogen) atoms. The number of carbonyl (C=O) groups is 2. The Labute approximate surface area is 210 Å². The highest BCUT2D eigenvalue weighted by Crippen LogP contribution is 2.52. The first-order valence-electron chi connectivity index (χ1n) is 12.2. The average molecular weight is 482 g/mol. The zero-order chi connectivity index (χ0) is 25.2. The van der Waals surface area contributed by atoms with Crippen LogP contribution in [0.4, 0.5) is 0 Å². The molecule has 1 saturated carbocycles. The number of carbonyl (C=O) groups excluding carboxylic acids is 2. The molecule has 0 spiro atoms. The number of amides is 2. The van der Waals surface area contributed by atoms with Gasteiger partial charge >= 0.3 is 0 Å². The summed E-state index contributed by atoms with van der Waals surface area (Å²) in [5, 5.41) is 14.7. The van der Waals surface area contributed by atoms with E-state index in [1.165, 1.54) is 6.21 Å². The Balaban J connectivity index is 1.41. The van der Waals surface area contributed by atoms with Crippen molar-refractivity contribution in [2.45, 2.75) is 26.4 Å². The first-order chi connectivity index (χ1) is 17.5. The van der Waals surface area contributed by atoms with Crippen molar-refractivity contribution >= 4 is 18.0 Å². The largest absolute Gasteiger partial charge is 0.490 e. The normalized spacial score (nSPS) is 23.8. The van der Waals surface area contributed by atoms with Crippen LogP contribution in [0.25, 0.3) is 0 Å². The molecule has 2 aliphatic carbocycles. The molecule has 1 aliphatic heterocycles. The molecule has 182 valence electrons. The number of benzene rings is 2. The van der Waals surface area contributed by atoms with E-state index in [1.54, 1.807) is 18.2 Å². The lowest BCUT2D eigenvalue weighted by Crippen LogP contribution is -2.28. The molecular weight excluding hydrogens is 454 g/mol. The fraction of sp³-hybridized carbons (Fsp3) is 0.310. The van der Waals surface area contributed by atoms with Crippen molar-refractivity contribution < 1.29 is 19.1 Å². The number of ether oxygens (including phenoxy) is 2. The molecule has 4 unspecified atom stereocenters. The van der Waals surface area contributed by atoms with Crippen molar-refractivity contribution in [3.63, 3.8) is 0 Å². The van der Waals surface area contributed by atoms with Gasteiger partial charge in [0, 0.05) is 11.1 Å². The lowest BCUT2D eigenvalue weighted by molar-refractivity contribution is -0.140.